The molecule has 2 aromatic rings. The highest BCUT2D eigenvalue weighted by molar-refractivity contribution is 7.89. The molecule has 1 N–H and O–H groups in total. The van der Waals surface area contributed by atoms with Crippen LogP contribution in [0.4, 0.5) is 0 Å². The Bertz CT molecular complexity index is 1050. The number of hydrogen-bond acceptors (Lipinski definition) is 4. The van der Waals surface area contributed by atoms with Crippen molar-refractivity contribution in [3.05, 3.63) is 64.7 Å². The summed E-state index contributed by atoms with van der Waals surface area (Å²) in [6, 6.07) is 13.2. The fourth-order valence-electron chi connectivity index (χ4n) is 4.68. The highest BCUT2D eigenvalue weighted by atomic mass is 32.2. The Balaban J connectivity index is 1.38. The number of nitrogens with one attached hydrogen (secondary N) is 1. The van der Waals surface area contributed by atoms with E-state index in [9.17, 15) is 13.2 Å². The van der Waals surface area contributed by atoms with Gasteiger partial charge in [0, 0.05) is 31.7 Å². The predicted molar refractivity (Wildman–Crippen MR) is 131 cm³/mol. The minimum atomic E-state index is -3.57. The molecule has 0 radical (unpaired) electrons. The molecule has 178 valence electrons. The number of carbonyl (C=O) groups excluding carboxylic acids is 1. The minimum absolute atomic E-state index is 0.196. The van der Waals surface area contributed by atoms with Gasteiger partial charge in [0.25, 0.3) is 5.91 Å². The first-order chi connectivity index (χ1) is 15.9. The van der Waals surface area contributed by atoms with Crippen molar-refractivity contribution in [1.82, 2.24) is 14.5 Å². The maximum absolute atomic E-state index is 13.0. The van der Waals surface area contributed by atoms with E-state index in [0.717, 1.165) is 36.9 Å². The van der Waals surface area contributed by atoms with Crippen LogP contribution in [0, 0.1) is 6.92 Å². The molecule has 2 aliphatic rings. The molecule has 7 heteroatoms. The van der Waals surface area contributed by atoms with Gasteiger partial charge < -0.3 is 5.32 Å². The number of rotatable bonds is 7. The summed E-state index contributed by atoms with van der Waals surface area (Å²) in [7, 11) is -3.57. The summed E-state index contributed by atoms with van der Waals surface area (Å²) in [5.74, 6) is -0.249. The fourth-order valence-corrected chi connectivity index (χ4v) is 6.22. The lowest BCUT2D eigenvalue weighted by Gasteiger charge is -2.26. The van der Waals surface area contributed by atoms with Gasteiger partial charge in [0.2, 0.25) is 10.0 Å². The largest absolute Gasteiger partial charge is 0.348 e. The number of amides is 1. The molecule has 6 nitrogen and oxygen atoms in total. The molecule has 2 heterocycles. The van der Waals surface area contributed by atoms with Crippen LogP contribution in [-0.2, 0) is 23.1 Å². The Labute approximate surface area is 198 Å². The monoisotopic (exact) mass is 469 g/mol. The van der Waals surface area contributed by atoms with E-state index in [0.29, 0.717) is 25.2 Å². The first-order valence-corrected chi connectivity index (χ1v) is 13.6. The van der Waals surface area contributed by atoms with Crippen molar-refractivity contribution in [2.45, 2.75) is 63.4 Å². The highest BCUT2D eigenvalue weighted by Gasteiger charge is 2.27. The molecule has 0 spiro atoms. The molecule has 2 aromatic carbocycles. The van der Waals surface area contributed by atoms with Crippen molar-refractivity contribution in [2.24, 2.45) is 0 Å². The number of nitrogens with zero attached hydrogens (tertiary/aromatic N) is 2. The normalized spacial score (nSPS) is 18.2. The molecule has 2 saturated heterocycles. The molecule has 2 aliphatic heterocycles. The zero-order valence-corrected chi connectivity index (χ0v) is 20.4. The maximum Gasteiger partial charge on any atom is 0.251 e. The number of hydrogen-bond donors (Lipinski definition) is 1. The summed E-state index contributed by atoms with van der Waals surface area (Å²) in [5.41, 5.74) is 3.50. The van der Waals surface area contributed by atoms with E-state index in [2.05, 4.69) is 34.5 Å². The van der Waals surface area contributed by atoms with Gasteiger partial charge in [-0.1, -0.05) is 43.2 Å². The zero-order valence-electron chi connectivity index (χ0n) is 19.6. The van der Waals surface area contributed by atoms with Gasteiger partial charge in [0.15, 0.2) is 0 Å². The average Bonchev–Trinajstić information content (AvgIpc) is 2.85. The average molecular weight is 470 g/mol. The molecule has 33 heavy (non-hydrogen) atoms. The van der Waals surface area contributed by atoms with Crippen molar-refractivity contribution >= 4 is 15.9 Å². The van der Waals surface area contributed by atoms with Crippen LogP contribution in [0.2, 0.25) is 0 Å². The molecule has 0 unspecified atom stereocenters. The van der Waals surface area contributed by atoms with Crippen LogP contribution < -0.4 is 5.32 Å². The lowest BCUT2D eigenvalue weighted by atomic mass is 10.1. The molecule has 1 amide bonds. The van der Waals surface area contributed by atoms with Crippen molar-refractivity contribution in [3.8, 4) is 0 Å². The Kier molecular flexibility index (Phi) is 7.83. The van der Waals surface area contributed by atoms with Crippen LogP contribution in [0.15, 0.2) is 47.4 Å². The third-order valence-corrected chi connectivity index (χ3v) is 8.63. The van der Waals surface area contributed by atoms with E-state index in [1.807, 2.05) is 6.92 Å². The molecule has 0 saturated carbocycles. The van der Waals surface area contributed by atoms with Crippen molar-refractivity contribution in [1.29, 1.82) is 0 Å². The Morgan fingerprint density at radius 2 is 1.45 bits per heavy atom. The Morgan fingerprint density at radius 1 is 0.848 bits per heavy atom. The van der Waals surface area contributed by atoms with Crippen LogP contribution in [0.1, 0.15) is 65.6 Å². The second-order valence-corrected chi connectivity index (χ2v) is 11.2. The van der Waals surface area contributed by atoms with E-state index in [-0.39, 0.29) is 10.8 Å². The molecule has 2 fully saturated rings. The van der Waals surface area contributed by atoms with Gasteiger partial charge in [-0.2, -0.15) is 4.31 Å². The quantitative estimate of drug-likeness (QED) is 0.663. The van der Waals surface area contributed by atoms with Gasteiger partial charge in [-0.3, -0.25) is 9.69 Å². The SMILES string of the molecule is Cc1ccc(S(=O)(=O)N2CCCCC2)cc1C(=O)NCc1ccc(CN2CCCCC2)cc1. The number of benzene rings is 2. The Morgan fingerprint density at radius 3 is 2.12 bits per heavy atom. The first kappa shape index (κ1) is 23.9. The van der Waals surface area contributed by atoms with E-state index in [4.69, 9.17) is 0 Å². The number of carbonyl (C=O) groups is 1. The zero-order chi connectivity index (χ0) is 23.3. The predicted octanol–water partition coefficient (Wildman–Crippen LogP) is 4.09. The second-order valence-electron chi connectivity index (χ2n) is 9.28. The van der Waals surface area contributed by atoms with Gasteiger partial charge in [-0.15, -0.1) is 0 Å². The highest BCUT2D eigenvalue weighted by Crippen LogP contribution is 2.23. The van der Waals surface area contributed by atoms with Crippen LogP contribution >= 0.6 is 0 Å². The summed E-state index contributed by atoms with van der Waals surface area (Å²) in [6.07, 6.45) is 6.73. The number of likely N-dealkylation sites (tertiary alicyclic amines) is 1. The summed E-state index contributed by atoms with van der Waals surface area (Å²) in [4.78, 5) is 15.6. The maximum atomic E-state index is 13.0. The molecule has 0 aromatic heterocycles. The number of piperidine rings is 2. The van der Waals surface area contributed by atoms with Gasteiger partial charge in [0.1, 0.15) is 0 Å². The van der Waals surface area contributed by atoms with Gasteiger partial charge >= 0.3 is 0 Å². The molecular weight excluding hydrogens is 434 g/mol. The smallest absolute Gasteiger partial charge is 0.251 e. The lowest BCUT2D eigenvalue weighted by molar-refractivity contribution is 0.0950. The second kappa shape index (κ2) is 10.8. The van der Waals surface area contributed by atoms with Gasteiger partial charge in [-0.05, 0) is 74.5 Å². The van der Waals surface area contributed by atoms with Gasteiger partial charge in [-0.25, -0.2) is 8.42 Å². The third-order valence-electron chi connectivity index (χ3n) is 6.74. The van der Waals surface area contributed by atoms with Crippen molar-refractivity contribution < 1.29 is 13.2 Å². The standard InChI is InChI=1S/C26H35N3O3S/c1-21-8-13-24(33(31,32)29-16-6-3-7-17-29)18-25(21)26(30)27-19-22-9-11-23(12-10-22)20-28-14-4-2-5-15-28/h8-13,18H,2-7,14-17,19-20H2,1H3,(H,27,30). The number of sulfonamides is 1. The van der Waals surface area contributed by atoms with Crippen LogP contribution in [-0.4, -0.2) is 49.7 Å². The number of aryl methyl sites for hydroxylation is 1. The van der Waals surface area contributed by atoms with E-state index >= 15 is 0 Å². The first-order valence-electron chi connectivity index (χ1n) is 12.1. The molecule has 4 rings (SSSR count). The van der Waals surface area contributed by atoms with Crippen molar-refractivity contribution in [2.75, 3.05) is 26.2 Å². The molecule has 0 bridgehead atoms. The van der Waals surface area contributed by atoms with Crippen molar-refractivity contribution in [3.63, 3.8) is 0 Å². The van der Waals surface area contributed by atoms with E-state index in [1.165, 1.54) is 48.3 Å². The lowest BCUT2D eigenvalue weighted by Crippen LogP contribution is -2.35. The van der Waals surface area contributed by atoms with E-state index < -0.39 is 10.0 Å². The molecule has 0 aliphatic carbocycles. The summed E-state index contributed by atoms with van der Waals surface area (Å²) >= 11 is 0. The summed E-state index contributed by atoms with van der Waals surface area (Å²) < 4.78 is 27.6. The summed E-state index contributed by atoms with van der Waals surface area (Å²) in [6.45, 7) is 6.65. The third kappa shape index (κ3) is 6.02. The van der Waals surface area contributed by atoms with E-state index in [1.54, 1.807) is 12.1 Å². The fraction of sp³-hybridized carbons (Fsp3) is 0.500. The van der Waals surface area contributed by atoms with Crippen LogP contribution in [0.3, 0.4) is 0 Å². The molecule has 0 atom stereocenters. The minimum Gasteiger partial charge on any atom is -0.348 e. The summed E-state index contributed by atoms with van der Waals surface area (Å²) in [5, 5.41) is 2.96. The molecular formula is C26H35N3O3S. The van der Waals surface area contributed by atoms with Crippen LogP contribution in [0.5, 0.6) is 0 Å². The Hall–Kier alpha value is -2.22. The topological polar surface area (TPSA) is 69.7 Å². The van der Waals surface area contributed by atoms with Crippen LogP contribution in [0.25, 0.3) is 0 Å². The van der Waals surface area contributed by atoms with Gasteiger partial charge in [0.05, 0.1) is 4.90 Å².